The van der Waals surface area contributed by atoms with Crippen LogP contribution in [0, 0.1) is 22.2 Å². The number of hydrogen-bond acceptors (Lipinski definition) is 3. The van der Waals surface area contributed by atoms with E-state index in [1.165, 1.54) is 0 Å². The Labute approximate surface area is 125 Å². The molecule has 1 aromatic rings. The van der Waals surface area contributed by atoms with E-state index in [0.29, 0.717) is 16.6 Å². The van der Waals surface area contributed by atoms with Crippen LogP contribution < -0.4 is 10.1 Å². The minimum absolute atomic E-state index is 0.0403. The molecule has 3 nitrogen and oxygen atoms in total. The van der Waals surface area contributed by atoms with Crippen LogP contribution in [0.2, 0.25) is 5.02 Å². The van der Waals surface area contributed by atoms with Gasteiger partial charge in [-0.05, 0) is 19.2 Å². The van der Waals surface area contributed by atoms with Crippen molar-refractivity contribution >= 4 is 11.6 Å². The zero-order chi connectivity index (χ0) is 15.1. The third-order valence-corrected chi connectivity index (χ3v) is 4.76. The lowest BCUT2D eigenvalue weighted by Gasteiger charge is -2.63. The van der Waals surface area contributed by atoms with E-state index in [1.54, 1.807) is 12.1 Å². The maximum atomic E-state index is 8.90. The SMILES string of the molecule is CN[C@H]1C(C)(C)[C@@H](Oc2ccc(C#N)c(Cl)c2)C1(C)C. The highest BCUT2D eigenvalue weighted by Gasteiger charge is 2.62. The number of rotatable bonds is 3. The number of halogens is 1. The topological polar surface area (TPSA) is 45.0 Å². The standard InChI is InChI=1S/C16H21ClN2O/c1-15(2)13(19-5)16(3,4)14(15)20-11-7-6-10(9-18)12(17)8-11/h6-8,13-14,19H,1-5H3/t13-,14+. The van der Waals surface area contributed by atoms with Crippen LogP contribution in [0.1, 0.15) is 33.3 Å². The number of nitrogens with one attached hydrogen (secondary N) is 1. The van der Waals surface area contributed by atoms with Crippen molar-refractivity contribution in [3.8, 4) is 11.8 Å². The van der Waals surface area contributed by atoms with Crippen LogP contribution >= 0.6 is 11.6 Å². The Kier molecular flexibility index (Phi) is 3.75. The first kappa shape index (κ1) is 15.2. The molecule has 0 aliphatic heterocycles. The average molecular weight is 293 g/mol. The van der Waals surface area contributed by atoms with Crippen LogP contribution in [0.25, 0.3) is 0 Å². The van der Waals surface area contributed by atoms with Crippen molar-refractivity contribution in [2.45, 2.75) is 39.8 Å². The molecule has 0 amide bonds. The molecule has 0 heterocycles. The summed E-state index contributed by atoms with van der Waals surface area (Å²) in [6.45, 7) is 8.81. The predicted molar refractivity (Wildman–Crippen MR) is 81.0 cm³/mol. The van der Waals surface area contributed by atoms with E-state index in [2.05, 4.69) is 39.1 Å². The molecule has 108 valence electrons. The smallest absolute Gasteiger partial charge is 0.121 e. The third kappa shape index (κ3) is 2.17. The van der Waals surface area contributed by atoms with E-state index >= 15 is 0 Å². The highest BCUT2D eigenvalue weighted by Crippen LogP contribution is 2.55. The van der Waals surface area contributed by atoms with Crippen molar-refractivity contribution in [3.05, 3.63) is 28.8 Å². The molecule has 2 rings (SSSR count). The molecule has 1 saturated carbocycles. The summed E-state index contributed by atoms with van der Waals surface area (Å²) in [5, 5.41) is 12.7. The number of nitrogens with zero attached hydrogens (tertiary/aromatic N) is 1. The Bertz CT molecular complexity index is 544. The van der Waals surface area contributed by atoms with Crippen LogP contribution in [0.4, 0.5) is 0 Å². The first-order valence-electron chi connectivity index (χ1n) is 6.78. The Hall–Kier alpha value is -1.24. The molecule has 0 bridgehead atoms. The largest absolute Gasteiger partial charge is 0.489 e. The molecular weight excluding hydrogens is 272 g/mol. The number of hydrogen-bond donors (Lipinski definition) is 1. The van der Waals surface area contributed by atoms with Crippen LogP contribution in [0.5, 0.6) is 5.75 Å². The summed E-state index contributed by atoms with van der Waals surface area (Å²) in [6, 6.07) is 7.68. The quantitative estimate of drug-likeness (QED) is 0.925. The summed E-state index contributed by atoms with van der Waals surface area (Å²) in [4.78, 5) is 0. The van der Waals surface area contributed by atoms with Crippen molar-refractivity contribution < 1.29 is 4.74 Å². The summed E-state index contributed by atoms with van der Waals surface area (Å²) in [5.41, 5.74) is 0.552. The number of ether oxygens (including phenoxy) is 1. The van der Waals surface area contributed by atoms with Gasteiger partial charge in [0, 0.05) is 22.9 Å². The second kappa shape index (κ2) is 4.95. The van der Waals surface area contributed by atoms with Gasteiger partial charge >= 0.3 is 0 Å². The fraction of sp³-hybridized carbons (Fsp3) is 0.562. The minimum atomic E-state index is 0.0403. The summed E-state index contributed by atoms with van der Waals surface area (Å²) >= 11 is 6.06. The van der Waals surface area contributed by atoms with Crippen molar-refractivity contribution in [3.63, 3.8) is 0 Å². The number of nitriles is 1. The van der Waals surface area contributed by atoms with Crippen molar-refractivity contribution in [1.29, 1.82) is 5.26 Å². The van der Waals surface area contributed by atoms with Gasteiger partial charge < -0.3 is 10.1 Å². The molecule has 0 aromatic heterocycles. The Morgan fingerprint density at radius 2 is 1.85 bits per heavy atom. The zero-order valence-electron chi connectivity index (χ0n) is 12.6. The summed E-state index contributed by atoms with van der Waals surface area (Å²) < 4.78 is 6.16. The Morgan fingerprint density at radius 3 is 2.30 bits per heavy atom. The van der Waals surface area contributed by atoms with E-state index in [1.807, 2.05) is 13.1 Å². The lowest BCUT2D eigenvalue weighted by Crippen LogP contribution is -2.73. The molecule has 1 aliphatic carbocycles. The van der Waals surface area contributed by atoms with Crippen molar-refractivity contribution in [2.24, 2.45) is 10.8 Å². The zero-order valence-corrected chi connectivity index (χ0v) is 13.4. The predicted octanol–water partition coefficient (Wildman–Crippen LogP) is 3.61. The normalized spacial score (nSPS) is 26.4. The Morgan fingerprint density at radius 1 is 1.25 bits per heavy atom. The van der Waals surface area contributed by atoms with Gasteiger partial charge in [0.2, 0.25) is 0 Å². The molecule has 0 atom stereocenters. The first-order valence-corrected chi connectivity index (χ1v) is 7.16. The van der Waals surface area contributed by atoms with E-state index < -0.39 is 0 Å². The maximum Gasteiger partial charge on any atom is 0.121 e. The molecule has 4 heteroatoms. The molecule has 1 N–H and O–H groups in total. The fourth-order valence-electron chi connectivity index (χ4n) is 3.97. The highest BCUT2D eigenvalue weighted by atomic mass is 35.5. The van der Waals surface area contributed by atoms with Gasteiger partial charge in [-0.25, -0.2) is 0 Å². The molecule has 1 fully saturated rings. The van der Waals surface area contributed by atoms with Gasteiger partial charge in [-0.1, -0.05) is 39.3 Å². The van der Waals surface area contributed by atoms with Gasteiger partial charge in [0.1, 0.15) is 17.9 Å². The van der Waals surface area contributed by atoms with Crippen LogP contribution in [-0.4, -0.2) is 19.2 Å². The van der Waals surface area contributed by atoms with Crippen LogP contribution in [0.3, 0.4) is 0 Å². The number of benzene rings is 1. The monoisotopic (exact) mass is 292 g/mol. The molecular formula is C16H21ClN2O. The molecule has 20 heavy (non-hydrogen) atoms. The van der Waals surface area contributed by atoms with Gasteiger partial charge in [0.15, 0.2) is 0 Å². The molecule has 0 radical (unpaired) electrons. The highest BCUT2D eigenvalue weighted by molar-refractivity contribution is 6.31. The van der Waals surface area contributed by atoms with Crippen molar-refractivity contribution in [2.75, 3.05) is 7.05 Å². The van der Waals surface area contributed by atoms with Gasteiger partial charge in [-0.15, -0.1) is 0 Å². The Balaban J connectivity index is 2.23. The summed E-state index contributed by atoms with van der Waals surface area (Å²) in [7, 11) is 1.99. The van der Waals surface area contributed by atoms with E-state index in [-0.39, 0.29) is 16.9 Å². The third-order valence-electron chi connectivity index (χ3n) is 4.44. The van der Waals surface area contributed by atoms with Crippen LogP contribution in [0.15, 0.2) is 18.2 Å². The van der Waals surface area contributed by atoms with E-state index in [4.69, 9.17) is 21.6 Å². The molecule has 0 saturated heterocycles. The molecule has 1 aromatic carbocycles. The van der Waals surface area contributed by atoms with Gasteiger partial charge in [-0.2, -0.15) is 5.26 Å². The fourth-order valence-corrected chi connectivity index (χ4v) is 4.18. The van der Waals surface area contributed by atoms with Gasteiger partial charge in [0.05, 0.1) is 10.6 Å². The summed E-state index contributed by atoms with van der Waals surface area (Å²) in [6.07, 6.45) is 0.0939. The molecule has 0 spiro atoms. The maximum absolute atomic E-state index is 8.90. The van der Waals surface area contributed by atoms with E-state index in [0.717, 1.165) is 5.75 Å². The van der Waals surface area contributed by atoms with Crippen molar-refractivity contribution in [1.82, 2.24) is 5.32 Å². The van der Waals surface area contributed by atoms with Gasteiger partial charge in [0.25, 0.3) is 0 Å². The second-order valence-electron chi connectivity index (χ2n) is 6.62. The lowest BCUT2D eigenvalue weighted by molar-refractivity contribution is -0.166. The molecule has 1 aliphatic rings. The minimum Gasteiger partial charge on any atom is -0.489 e. The first-order chi connectivity index (χ1) is 9.25. The van der Waals surface area contributed by atoms with E-state index in [9.17, 15) is 0 Å². The molecule has 0 unspecified atom stereocenters. The summed E-state index contributed by atoms with van der Waals surface area (Å²) in [5.74, 6) is 0.717. The van der Waals surface area contributed by atoms with Gasteiger partial charge in [-0.3, -0.25) is 0 Å². The van der Waals surface area contributed by atoms with Crippen LogP contribution in [-0.2, 0) is 0 Å². The average Bonchev–Trinajstić information content (AvgIpc) is 2.35. The second-order valence-corrected chi connectivity index (χ2v) is 7.02. The lowest BCUT2D eigenvalue weighted by atomic mass is 9.49.